The van der Waals surface area contributed by atoms with E-state index in [0.29, 0.717) is 22.7 Å². The molecule has 0 aliphatic carbocycles. The van der Waals surface area contributed by atoms with Crippen molar-refractivity contribution in [1.29, 1.82) is 0 Å². The molecular weight excluding hydrogens is 376 g/mol. The van der Waals surface area contributed by atoms with Gasteiger partial charge in [-0.1, -0.05) is 17.8 Å². The van der Waals surface area contributed by atoms with Gasteiger partial charge in [0, 0.05) is 6.07 Å². The first-order valence-electron chi connectivity index (χ1n) is 7.79. The topological polar surface area (TPSA) is 81.9 Å². The summed E-state index contributed by atoms with van der Waals surface area (Å²) in [6, 6.07) is 8.47. The minimum absolute atomic E-state index is 0.0642. The highest BCUT2D eigenvalue weighted by Crippen LogP contribution is 2.27. The maximum Gasteiger partial charge on any atom is 0.234 e. The molecule has 140 valence electrons. The number of thioether (sulfide) groups is 1. The van der Waals surface area contributed by atoms with Crippen molar-refractivity contribution in [3.8, 4) is 11.4 Å². The summed E-state index contributed by atoms with van der Waals surface area (Å²) in [5.74, 6) is -1.52. The Bertz CT molecular complexity index is 980. The molecule has 0 aliphatic heterocycles. The van der Waals surface area contributed by atoms with Gasteiger partial charge in [-0.15, -0.1) is 5.10 Å². The van der Waals surface area contributed by atoms with Gasteiger partial charge in [-0.25, -0.2) is 8.78 Å². The molecule has 27 heavy (non-hydrogen) atoms. The highest BCUT2D eigenvalue weighted by atomic mass is 32.2. The molecule has 1 heterocycles. The maximum atomic E-state index is 13.6. The fourth-order valence-electron chi connectivity index (χ4n) is 2.29. The van der Waals surface area contributed by atoms with Gasteiger partial charge >= 0.3 is 0 Å². The Morgan fingerprint density at radius 2 is 2.07 bits per heavy atom. The number of tetrazole rings is 1. The zero-order valence-corrected chi connectivity index (χ0v) is 15.3. The van der Waals surface area contributed by atoms with Gasteiger partial charge in [0.2, 0.25) is 11.1 Å². The Kier molecular flexibility index (Phi) is 5.65. The van der Waals surface area contributed by atoms with Crippen molar-refractivity contribution in [2.24, 2.45) is 0 Å². The molecule has 7 nitrogen and oxygen atoms in total. The third-order valence-electron chi connectivity index (χ3n) is 3.54. The van der Waals surface area contributed by atoms with E-state index in [2.05, 4.69) is 20.8 Å². The van der Waals surface area contributed by atoms with Crippen molar-refractivity contribution in [2.75, 3.05) is 18.2 Å². The SMILES string of the molecule is COc1ccc(C)cc1-n1nnnc1SCC(=O)Nc1ccc(F)cc1F. The zero-order valence-electron chi connectivity index (χ0n) is 14.4. The molecule has 0 bridgehead atoms. The average molecular weight is 391 g/mol. The van der Waals surface area contributed by atoms with E-state index in [1.165, 1.54) is 11.8 Å². The van der Waals surface area contributed by atoms with E-state index < -0.39 is 17.5 Å². The van der Waals surface area contributed by atoms with Crippen LogP contribution in [0.25, 0.3) is 5.69 Å². The Hall–Kier alpha value is -3.01. The molecule has 0 aliphatic rings. The number of aryl methyl sites for hydroxylation is 1. The normalized spacial score (nSPS) is 10.7. The van der Waals surface area contributed by atoms with E-state index in [-0.39, 0.29) is 11.4 Å². The molecule has 0 fully saturated rings. The molecule has 0 unspecified atom stereocenters. The van der Waals surface area contributed by atoms with Crippen LogP contribution in [0.4, 0.5) is 14.5 Å². The number of hydrogen-bond donors (Lipinski definition) is 1. The van der Waals surface area contributed by atoms with Crippen molar-refractivity contribution < 1.29 is 18.3 Å². The number of aromatic nitrogens is 4. The van der Waals surface area contributed by atoms with Crippen LogP contribution in [0.15, 0.2) is 41.6 Å². The molecule has 0 saturated carbocycles. The summed E-state index contributed by atoms with van der Waals surface area (Å²) in [4.78, 5) is 12.1. The fourth-order valence-corrected chi connectivity index (χ4v) is 2.98. The first-order chi connectivity index (χ1) is 13.0. The molecule has 0 radical (unpaired) electrons. The summed E-state index contributed by atoms with van der Waals surface area (Å²) < 4.78 is 33.3. The number of hydrogen-bond acceptors (Lipinski definition) is 6. The van der Waals surface area contributed by atoms with Crippen molar-refractivity contribution in [3.05, 3.63) is 53.6 Å². The van der Waals surface area contributed by atoms with E-state index in [0.717, 1.165) is 29.5 Å². The summed E-state index contributed by atoms with van der Waals surface area (Å²) in [5, 5.41) is 14.3. The lowest BCUT2D eigenvalue weighted by Gasteiger charge is -2.10. The van der Waals surface area contributed by atoms with Gasteiger partial charge in [0.1, 0.15) is 23.1 Å². The number of carbonyl (C=O) groups excluding carboxylic acids is 1. The quantitative estimate of drug-likeness (QED) is 0.651. The second-order valence-corrected chi connectivity index (χ2v) is 6.45. The highest BCUT2D eigenvalue weighted by Gasteiger charge is 2.16. The summed E-state index contributed by atoms with van der Waals surface area (Å²) in [6.07, 6.45) is 0. The molecule has 3 rings (SSSR count). The maximum absolute atomic E-state index is 13.6. The summed E-state index contributed by atoms with van der Waals surface area (Å²) in [7, 11) is 1.54. The van der Waals surface area contributed by atoms with Gasteiger partial charge in [0.15, 0.2) is 0 Å². The Morgan fingerprint density at radius 1 is 1.26 bits per heavy atom. The lowest BCUT2D eigenvalue weighted by atomic mass is 10.2. The molecule has 0 saturated heterocycles. The van der Waals surface area contributed by atoms with Crippen LogP contribution in [0.1, 0.15) is 5.56 Å². The van der Waals surface area contributed by atoms with E-state index in [4.69, 9.17) is 4.74 Å². The van der Waals surface area contributed by atoms with Gasteiger partial charge in [-0.2, -0.15) is 4.68 Å². The average Bonchev–Trinajstić information content (AvgIpc) is 3.11. The highest BCUT2D eigenvalue weighted by molar-refractivity contribution is 7.99. The van der Waals surface area contributed by atoms with Gasteiger partial charge in [-0.05, 0) is 47.2 Å². The van der Waals surface area contributed by atoms with E-state index in [9.17, 15) is 13.6 Å². The number of anilines is 1. The smallest absolute Gasteiger partial charge is 0.234 e. The molecule has 3 aromatic rings. The van der Waals surface area contributed by atoms with Crippen molar-refractivity contribution in [1.82, 2.24) is 20.2 Å². The molecule has 1 aromatic heterocycles. The Balaban J connectivity index is 1.72. The number of halogens is 2. The first-order valence-corrected chi connectivity index (χ1v) is 8.77. The van der Waals surface area contributed by atoms with Crippen LogP contribution >= 0.6 is 11.8 Å². The molecule has 0 atom stereocenters. The second kappa shape index (κ2) is 8.12. The van der Waals surface area contributed by atoms with Crippen molar-refractivity contribution in [2.45, 2.75) is 12.1 Å². The van der Waals surface area contributed by atoms with Crippen LogP contribution in [-0.2, 0) is 4.79 Å². The third kappa shape index (κ3) is 4.40. The minimum Gasteiger partial charge on any atom is -0.494 e. The summed E-state index contributed by atoms with van der Waals surface area (Å²) in [6.45, 7) is 1.92. The standard InChI is InChI=1S/C17H15F2N5O2S/c1-10-3-6-15(26-2)14(7-10)24-17(21-22-23-24)27-9-16(25)20-13-5-4-11(18)8-12(13)19/h3-8H,9H2,1-2H3,(H,20,25). The number of amides is 1. The lowest BCUT2D eigenvalue weighted by molar-refractivity contribution is -0.113. The van der Waals surface area contributed by atoms with Crippen LogP contribution in [-0.4, -0.2) is 39.0 Å². The Morgan fingerprint density at radius 3 is 2.81 bits per heavy atom. The predicted octanol–water partition coefficient (Wildman–Crippen LogP) is 2.99. The number of methoxy groups -OCH3 is 1. The second-order valence-electron chi connectivity index (χ2n) is 5.51. The first kappa shape index (κ1) is 18.8. The van der Waals surface area contributed by atoms with Gasteiger partial charge in [0.25, 0.3) is 0 Å². The van der Waals surface area contributed by atoms with Gasteiger partial charge in [0.05, 0.1) is 18.6 Å². The fraction of sp³-hybridized carbons (Fsp3) is 0.176. The molecular formula is C17H15F2N5O2S. The minimum atomic E-state index is -0.845. The number of rotatable bonds is 6. The van der Waals surface area contributed by atoms with E-state index >= 15 is 0 Å². The third-order valence-corrected chi connectivity index (χ3v) is 4.46. The monoisotopic (exact) mass is 391 g/mol. The van der Waals surface area contributed by atoms with Crippen molar-refractivity contribution in [3.63, 3.8) is 0 Å². The molecule has 1 amide bonds. The van der Waals surface area contributed by atoms with Gasteiger partial charge < -0.3 is 10.1 Å². The largest absolute Gasteiger partial charge is 0.494 e. The lowest BCUT2D eigenvalue weighted by Crippen LogP contribution is -2.15. The predicted molar refractivity (Wildman–Crippen MR) is 96.2 cm³/mol. The number of carbonyl (C=O) groups is 1. The number of nitrogens with zero attached hydrogens (tertiary/aromatic N) is 4. The van der Waals surface area contributed by atoms with Crippen molar-refractivity contribution >= 4 is 23.4 Å². The zero-order chi connectivity index (χ0) is 19.4. The molecule has 1 N–H and O–H groups in total. The van der Waals surface area contributed by atoms with Crippen LogP contribution < -0.4 is 10.1 Å². The van der Waals surface area contributed by atoms with Crippen LogP contribution in [0.3, 0.4) is 0 Å². The summed E-state index contributed by atoms with van der Waals surface area (Å²) >= 11 is 1.07. The van der Waals surface area contributed by atoms with E-state index in [1.807, 2.05) is 19.1 Å². The molecule has 10 heteroatoms. The molecule has 2 aromatic carbocycles. The number of ether oxygens (including phenoxy) is 1. The van der Waals surface area contributed by atoms with Crippen LogP contribution in [0.2, 0.25) is 0 Å². The number of nitrogens with one attached hydrogen (secondary N) is 1. The summed E-state index contributed by atoms with van der Waals surface area (Å²) in [5.41, 5.74) is 1.53. The van der Waals surface area contributed by atoms with Crippen LogP contribution in [0, 0.1) is 18.6 Å². The number of benzene rings is 2. The van der Waals surface area contributed by atoms with Crippen LogP contribution in [0.5, 0.6) is 5.75 Å². The Labute approximate surface area is 157 Å². The van der Waals surface area contributed by atoms with E-state index in [1.54, 1.807) is 6.07 Å². The van der Waals surface area contributed by atoms with Gasteiger partial charge in [-0.3, -0.25) is 4.79 Å². The molecule has 0 spiro atoms.